The highest BCUT2D eigenvalue weighted by Gasteiger charge is 2.21. The van der Waals surface area contributed by atoms with E-state index in [9.17, 15) is 9.59 Å². The minimum absolute atomic E-state index is 0.156. The van der Waals surface area contributed by atoms with Crippen LogP contribution in [0.3, 0.4) is 0 Å². The summed E-state index contributed by atoms with van der Waals surface area (Å²) in [4.78, 5) is 27.6. The molecule has 1 fully saturated rings. The maximum absolute atomic E-state index is 12.9. The maximum Gasteiger partial charge on any atom is 0.255 e. The molecule has 1 saturated heterocycles. The number of ether oxygens (including phenoxy) is 1. The maximum atomic E-state index is 12.9. The lowest BCUT2D eigenvalue weighted by Gasteiger charge is -2.32. The van der Waals surface area contributed by atoms with Crippen LogP contribution in [0.4, 0.5) is 11.4 Å². The molecule has 4 N–H and O–H groups in total. The molecule has 192 valence electrons. The Morgan fingerprint density at radius 1 is 1.03 bits per heavy atom. The Labute approximate surface area is 218 Å². The van der Waals surface area contributed by atoms with Gasteiger partial charge in [-0.1, -0.05) is 48.5 Å². The molecule has 0 radical (unpaired) electrons. The fourth-order valence-electron chi connectivity index (χ4n) is 4.48. The van der Waals surface area contributed by atoms with Gasteiger partial charge in [-0.05, 0) is 73.3 Å². The highest BCUT2D eigenvalue weighted by molar-refractivity contribution is 6.03. The number of benzene rings is 3. The van der Waals surface area contributed by atoms with Crippen molar-refractivity contribution in [1.82, 2.24) is 10.2 Å². The summed E-state index contributed by atoms with van der Waals surface area (Å²) in [5.41, 5.74) is 9.48. The van der Waals surface area contributed by atoms with Gasteiger partial charge in [0.25, 0.3) is 5.91 Å². The summed E-state index contributed by atoms with van der Waals surface area (Å²) in [6, 6.07) is 22.9. The molecule has 0 saturated carbocycles. The molecular formula is C30H34N4O3. The highest BCUT2D eigenvalue weighted by Crippen LogP contribution is 2.23. The van der Waals surface area contributed by atoms with E-state index in [2.05, 4.69) is 39.8 Å². The van der Waals surface area contributed by atoms with Gasteiger partial charge in [0.05, 0.1) is 24.0 Å². The second-order valence-electron chi connectivity index (χ2n) is 9.28. The number of nitrogen functional groups attached to an aromatic ring is 1. The van der Waals surface area contributed by atoms with Gasteiger partial charge in [0.15, 0.2) is 0 Å². The van der Waals surface area contributed by atoms with E-state index in [1.54, 1.807) is 48.5 Å². The van der Waals surface area contributed by atoms with Crippen molar-refractivity contribution < 1.29 is 14.3 Å². The molecule has 3 aromatic carbocycles. The Bertz CT molecular complexity index is 1230. The van der Waals surface area contributed by atoms with Gasteiger partial charge < -0.3 is 21.1 Å². The van der Waals surface area contributed by atoms with Crippen molar-refractivity contribution in [2.75, 3.05) is 37.8 Å². The first-order chi connectivity index (χ1) is 18.0. The van der Waals surface area contributed by atoms with E-state index in [4.69, 9.17) is 10.5 Å². The lowest BCUT2D eigenvalue weighted by molar-refractivity contribution is -0.111. The molecule has 2 amide bonds. The highest BCUT2D eigenvalue weighted by atomic mass is 16.5. The number of para-hydroxylation sites is 2. The smallest absolute Gasteiger partial charge is 0.255 e. The summed E-state index contributed by atoms with van der Waals surface area (Å²) in [6.07, 6.45) is 5.21. The van der Waals surface area contributed by atoms with Crippen LogP contribution < -0.4 is 21.1 Å². The zero-order valence-corrected chi connectivity index (χ0v) is 21.2. The van der Waals surface area contributed by atoms with Gasteiger partial charge in [-0.15, -0.1) is 0 Å². The van der Waals surface area contributed by atoms with Gasteiger partial charge in [-0.25, -0.2) is 0 Å². The van der Waals surface area contributed by atoms with Crippen molar-refractivity contribution in [2.45, 2.75) is 19.4 Å². The number of likely N-dealkylation sites (tertiary alicyclic amines) is 1. The lowest BCUT2D eigenvalue weighted by Crippen LogP contribution is -2.38. The van der Waals surface area contributed by atoms with E-state index < -0.39 is 0 Å². The first kappa shape index (κ1) is 26.0. The number of carbonyl (C=O) groups excluding carboxylic acids is 2. The summed E-state index contributed by atoms with van der Waals surface area (Å²) in [6.45, 7) is 3.68. The normalized spacial score (nSPS) is 14.4. The minimum atomic E-state index is -0.298. The molecule has 0 aromatic heterocycles. The van der Waals surface area contributed by atoms with Crippen molar-refractivity contribution in [1.29, 1.82) is 0 Å². The second-order valence-corrected chi connectivity index (χ2v) is 9.28. The third kappa shape index (κ3) is 7.44. The van der Waals surface area contributed by atoms with Crippen molar-refractivity contribution in [3.05, 3.63) is 95.6 Å². The molecule has 1 aliphatic heterocycles. The Morgan fingerprint density at radius 3 is 2.49 bits per heavy atom. The van der Waals surface area contributed by atoms with Crippen LogP contribution in [0.5, 0.6) is 5.75 Å². The number of nitrogens with one attached hydrogen (secondary N) is 2. The predicted octanol–water partition coefficient (Wildman–Crippen LogP) is 4.57. The largest absolute Gasteiger partial charge is 0.496 e. The van der Waals surface area contributed by atoms with E-state index in [0.717, 1.165) is 38.0 Å². The molecule has 4 rings (SSSR count). The minimum Gasteiger partial charge on any atom is -0.496 e. The molecule has 3 aromatic rings. The predicted molar refractivity (Wildman–Crippen MR) is 148 cm³/mol. The van der Waals surface area contributed by atoms with Crippen molar-refractivity contribution in [3.8, 4) is 5.75 Å². The zero-order chi connectivity index (χ0) is 26.0. The third-order valence-electron chi connectivity index (χ3n) is 6.62. The summed E-state index contributed by atoms with van der Waals surface area (Å²) < 4.78 is 5.47. The molecule has 0 atom stereocenters. The molecule has 7 heteroatoms. The summed E-state index contributed by atoms with van der Waals surface area (Å²) in [5.74, 6) is 0.469. The SMILES string of the molecule is COc1cc(/C=C/C(=O)Nc2ccccc2N)ccc1C(=O)NCC1CCN(Cc2ccccc2)CC1. The van der Waals surface area contributed by atoms with E-state index >= 15 is 0 Å². The van der Waals surface area contributed by atoms with Crippen LogP contribution in [-0.4, -0.2) is 43.5 Å². The molecule has 1 heterocycles. The van der Waals surface area contributed by atoms with Crippen LogP contribution >= 0.6 is 0 Å². The van der Waals surface area contributed by atoms with Gasteiger partial charge >= 0.3 is 0 Å². The summed E-state index contributed by atoms with van der Waals surface area (Å²) in [7, 11) is 1.53. The first-order valence-electron chi connectivity index (χ1n) is 12.6. The number of methoxy groups -OCH3 is 1. The molecule has 0 spiro atoms. The summed E-state index contributed by atoms with van der Waals surface area (Å²) in [5, 5.41) is 5.83. The average Bonchev–Trinajstić information content (AvgIpc) is 2.93. The number of nitrogens with zero attached hydrogens (tertiary/aromatic N) is 1. The van der Waals surface area contributed by atoms with Gasteiger partial charge in [0.2, 0.25) is 5.91 Å². The van der Waals surface area contributed by atoms with Crippen LogP contribution in [0, 0.1) is 5.92 Å². The number of hydrogen-bond acceptors (Lipinski definition) is 5. The molecule has 0 aliphatic carbocycles. The topological polar surface area (TPSA) is 96.7 Å². The number of carbonyl (C=O) groups is 2. The fourth-order valence-corrected chi connectivity index (χ4v) is 4.48. The fraction of sp³-hybridized carbons (Fsp3) is 0.267. The van der Waals surface area contributed by atoms with Crippen LogP contribution in [0.1, 0.15) is 34.3 Å². The van der Waals surface area contributed by atoms with Crippen LogP contribution in [0.2, 0.25) is 0 Å². The van der Waals surface area contributed by atoms with Gasteiger partial charge in [0, 0.05) is 19.2 Å². The molecule has 0 bridgehead atoms. The molecule has 37 heavy (non-hydrogen) atoms. The number of piperidine rings is 1. The molecule has 1 aliphatic rings. The number of amides is 2. The quantitative estimate of drug-likeness (QED) is 0.297. The number of nitrogens with two attached hydrogens (primary N) is 1. The Hall–Kier alpha value is -4.10. The van der Waals surface area contributed by atoms with Crippen LogP contribution in [0.25, 0.3) is 6.08 Å². The molecule has 7 nitrogen and oxygen atoms in total. The Balaban J connectivity index is 1.27. The standard InChI is InChI=1S/C30H34N4O3/c1-37-28-19-22(12-14-29(35)33-27-10-6-5-9-26(27)31)11-13-25(28)30(36)32-20-23-15-17-34(18-16-23)21-24-7-3-2-4-8-24/h2-14,19,23H,15-18,20-21,31H2,1H3,(H,32,36)(H,33,35)/b14-12+. The number of anilines is 2. The van der Waals surface area contributed by atoms with Gasteiger partial charge in [-0.3, -0.25) is 14.5 Å². The molecular weight excluding hydrogens is 464 g/mol. The van der Waals surface area contributed by atoms with Crippen LogP contribution in [-0.2, 0) is 11.3 Å². The third-order valence-corrected chi connectivity index (χ3v) is 6.62. The van der Waals surface area contributed by atoms with Crippen molar-refractivity contribution in [3.63, 3.8) is 0 Å². The van der Waals surface area contributed by atoms with Crippen molar-refractivity contribution in [2.24, 2.45) is 5.92 Å². The number of rotatable bonds is 9. The van der Waals surface area contributed by atoms with E-state index in [1.165, 1.54) is 18.7 Å². The zero-order valence-electron chi connectivity index (χ0n) is 21.2. The second kappa shape index (κ2) is 12.7. The monoisotopic (exact) mass is 498 g/mol. The summed E-state index contributed by atoms with van der Waals surface area (Å²) >= 11 is 0. The number of hydrogen-bond donors (Lipinski definition) is 3. The van der Waals surface area contributed by atoms with Gasteiger partial charge in [-0.2, -0.15) is 0 Å². The van der Waals surface area contributed by atoms with Gasteiger partial charge in [0.1, 0.15) is 5.75 Å². The van der Waals surface area contributed by atoms with Crippen LogP contribution in [0.15, 0.2) is 78.9 Å². The lowest BCUT2D eigenvalue weighted by atomic mass is 9.96. The Morgan fingerprint density at radius 2 is 1.76 bits per heavy atom. The first-order valence-corrected chi connectivity index (χ1v) is 12.6. The van der Waals surface area contributed by atoms with Crippen molar-refractivity contribution >= 4 is 29.3 Å². The molecule has 0 unspecified atom stereocenters. The van der Waals surface area contributed by atoms with E-state index in [0.29, 0.717) is 35.2 Å². The van der Waals surface area contributed by atoms with E-state index in [-0.39, 0.29) is 11.8 Å². The average molecular weight is 499 g/mol. The van der Waals surface area contributed by atoms with E-state index in [1.807, 2.05) is 6.07 Å². The Kier molecular flexibility index (Phi) is 8.94.